The highest BCUT2D eigenvalue weighted by atomic mass is 32.1. The van der Waals surface area contributed by atoms with Gasteiger partial charge >= 0.3 is 0 Å². The minimum atomic E-state index is -0.651. The highest BCUT2D eigenvalue weighted by molar-refractivity contribution is 7.14. The summed E-state index contributed by atoms with van der Waals surface area (Å²) >= 11 is 1.39. The van der Waals surface area contributed by atoms with Gasteiger partial charge in [-0.3, -0.25) is 4.79 Å². The van der Waals surface area contributed by atoms with Crippen LogP contribution in [0.3, 0.4) is 0 Å². The van der Waals surface area contributed by atoms with Crippen LogP contribution in [-0.2, 0) is 4.79 Å². The van der Waals surface area contributed by atoms with Gasteiger partial charge in [-0.25, -0.2) is 4.39 Å². The Bertz CT molecular complexity index is 1070. The van der Waals surface area contributed by atoms with Crippen molar-refractivity contribution in [1.29, 1.82) is 0 Å². The average Bonchev–Trinajstić information content (AvgIpc) is 3.29. The molecule has 0 bridgehead atoms. The number of para-hydroxylation sites is 2. The van der Waals surface area contributed by atoms with Crippen LogP contribution in [0.2, 0.25) is 0 Å². The van der Waals surface area contributed by atoms with Gasteiger partial charge in [-0.15, -0.1) is 10.2 Å². The van der Waals surface area contributed by atoms with Crippen molar-refractivity contribution in [2.45, 2.75) is 24.9 Å². The molecule has 30 heavy (non-hydrogen) atoms. The summed E-state index contributed by atoms with van der Waals surface area (Å²) in [5.74, 6) is 0.947. The Morgan fingerprint density at radius 2 is 1.90 bits per heavy atom. The predicted molar refractivity (Wildman–Crippen MR) is 110 cm³/mol. The number of benzene rings is 2. The van der Waals surface area contributed by atoms with Crippen molar-refractivity contribution in [1.82, 2.24) is 15.1 Å². The first kappa shape index (κ1) is 19.0. The van der Waals surface area contributed by atoms with Gasteiger partial charge in [0, 0.05) is 24.6 Å². The maximum Gasteiger partial charge on any atom is 0.267 e. The molecule has 6 nitrogen and oxygen atoms in total. The van der Waals surface area contributed by atoms with Crippen LogP contribution in [0.25, 0.3) is 10.6 Å². The van der Waals surface area contributed by atoms with Crippen molar-refractivity contribution >= 4 is 17.2 Å². The van der Waals surface area contributed by atoms with E-state index in [1.165, 1.54) is 17.4 Å². The summed E-state index contributed by atoms with van der Waals surface area (Å²) in [6.07, 6.45) is 1.14. The molecule has 3 aromatic rings. The third-order valence-corrected chi connectivity index (χ3v) is 6.53. The van der Waals surface area contributed by atoms with E-state index >= 15 is 0 Å². The number of piperidine rings is 1. The van der Waals surface area contributed by atoms with Gasteiger partial charge in [0.05, 0.1) is 0 Å². The molecule has 2 aliphatic rings. The minimum Gasteiger partial charge on any atom is -0.485 e. The van der Waals surface area contributed by atoms with Crippen molar-refractivity contribution in [3.63, 3.8) is 0 Å². The summed E-state index contributed by atoms with van der Waals surface area (Å²) < 4.78 is 25.6. The number of hydrogen-bond donors (Lipinski definition) is 0. The fourth-order valence-electron chi connectivity index (χ4n) is 3.87. The fraction of sp³-hybridized carbons (Fsp3) is 0.318. The SMILES string of the molecule is O=C([C@H]1COc2ccccc2O1)N1CCC[C@@H](c2nnc(-c3ccccc3F)s2)C1. The lowest BCUT2D eigenvalue weighted by atomic mass is 9.98. The number of carbonyl (C=O) groups excluding carboxylic acids is 1. The van der Waals surface area contributed by atoms with E-state index in [-0.39, 0.29) is 24.2 Å². The lowest BCUT2D eigenvalue weighted by Gasteiger charge is -2.35. The highest BCUT2D eigenvalue weighted by Gasteiger charge is 2.34. The third kappa shape index (κ3) is 3.63. The van der Waals surface area contributed by atoms with Gasteiger partial charge < -0.3 is 14.4 Å². The van der Waals surface area contributed by atoms with Crippen molar-refractivity contribution < 1.29 is 18.7 Å². The molecule has 0 spiro atoms. The molecule has 0 aliphatic carbocycles. The smallest absolute Gasteiger partial charge is 0.267 e. The van der Waals surface area contributed by atoms with Gasteiger partial charge in [0.15, 0.2) is 16.5 Å². The molecule has 5 rings (SSSR count). The Hall–Kier alpha value is -3.00. The molecule has 3 heterocycles. The molecule has 2 aliphatic heterocycles. The second kappa shape index (κ2) is 8.02. The van der Waals surface area contributed by atoms with E-state index in [9.17, 15) is 9.18 Å². The van der Waals surface area contributed by atoms with Gasteiger partial charge in [0.1, 0.15) is 17.4 Å². The Morgan fingerprint density at radius 1 is 1.10 bits per heavy atom. The van der Waals surface area contributed by atoms with E-state index < -0.39 is 6.10 Å². The summed E-state index contributed by atoms with van der Waals surface area (Å²) in [5.41, 5.74) is 0.455. The molecule has 8 heteroatoms. The van der Waals surface area contributed by atoms with Gasteiger partial charge in [0.2, 0.25) is 6.10 Å². The van der Waals surface area contributed by atoms with Crippen LogP contribution in [0.4, 0.5) is 4.39 Å². The molecular formula is C22H20FN3O3S. The maximum atomic E-state index is 14.1. The molecule has 154 valence electrons. The topological polar surface area (TPSA) is 64.6 Å². The minimum absolute atomic E-state index is 0.0759. The first-order chi connectivity index (χ1) is 14.7. The number of likely N-dealkylation sites (tertiary alicyclic amines) is 1. The van der Waals surface area contributed by atoms with Crippen molar-refractivity contribution in [3.05, 3.63) is 59.4 Å². The molecule has 0 radical (unpaired) electrons. The quantitative estimate of drug-likeness (QED) is 0.637. The Kier molecular flexibility index (Phi) is 5.08. The van der Waals surface area contributed by atoms with E-state index in [4.69, 9.17) is 9.47 Å². The van der Waals surface area contributed by atoms with Crippen LogP contribution >= 0.6 is 11.3 Å². The van der Waals surface area contributed by atoms with Crippen LogP contribution in [0.1, 0.15) is 23.8 Å². The number of amides is 1. The summed E-state index contributed by atoms with van der Waals surface area (Å²) in [7, 11) is 0. The average molecular weight is 425 g/mol. The molecule has 1 saturated heterocycles. The normalized spacial score (nSPS) is 20.8. The molecule has 0 unspecified atom stereocenters. The standard InChI is InChI=1S/C22H20FN3O3S/c23-16-8-2-1-7-15(16)21-25-24-20(30-21)14-6-5-11-26(12-14)22(27)19-13-28-17-9-3-4-10-18(17)29-19/h1-4,7-10,14,19H,5-6,11-13H2/t14-,19-/m1/s1. The summed E-state index contributed by atoms with van der Waals surface area (Å²) in [6.45, 7) is 1.43. The van der Waals surface area contributed by atoms with E-state index in [0.29, 0.717) is 35.2 Å². The van der Waals surface area contributed by atoms with Gasteiger partial charge in [-0.1, -0.05) is 35.6 Å². The van der Waals surface area contributed by atoms with E-state index in [2.05, 4.69) is 10.2 Å². The van der Waals surface area contributed by atoms with Crippen molar-refractivity contribution in [3.8, 4) is 22.1 Å². The molecular weight excluding hydrogens is 405 g/mol. The molecule has 1 fully saturated rings. The first-order valence-electron chi connectivity index (χ1n) is 9.94. The number of nitrogens with zero attached hydrogens (tertiary/aromatic N) is 3. The predicted octanol–water partition coefficient (Wildman–Crippen LogP) is 3.89. The van der Waals surface area contributed by atoms with E-state index in [1.807, 2.05) is 23.1 Å². The number of aromatic nitrogens is 2. The van der Waals surface area contributed by atoms with Gasteiger partial charge in [0.25, 0.3) is 5.91 Å². The number of hydrogen-bond acceptors (Lipinski definition) is 6. The van der Waals surface area contributed by atoms with Crippen LogP contribution in [0, 0.1) is 5.82 Å². The molecule has 2 aromatic carbocycles. The molecule has 0 N–H and O–H groups in total. The third-order valence-electron chi connectivity index (χ3n) is 5.41. The first-order valence-corrected chi connectivity index (χ1v) is 10.8. The molecule has 1 amide bonds. The van der Waals surface area contributed by atoms with Crippen LogP contribution in [0.5, 0.6) is 11.5 Å². The molecule has 2 atom stereocenters. The Labute approximate surface area is 177 Å². The monoisotopic (exact) mass is 425 g/mol. The zero-order valence-corrected chi connectivity index (χ0v) is 17.0. The van der Waals surface area contributed by atoms with Crippen LogP contribution < -0.4 is 9.47 Å². The second-order valence-electron chi connectivity index (χ2n) is 7.41. The number of rotatable bonds is 3. The van der Waals surface area contributed by atoms with E-state index in [1.54, 1.807) is 24.3 Å². The fourth-order valence-corrected chi connectivity index (χ4v) is 4.86. The van der Waals surface area contributed by atoms with Crippen LogP contribution in [-0.4, -0.2) is 46.8 Å². The summed E-state index contributed by atoms with van der Waals surface area (Å²) in [6, 6.07) is 13.9. The van der Waals surface area contributed by atoms with Crippen LogP contribution in [0.15, 0.2) is 48.5 Å². The van der Waals surface area contributed by atoms with E-state index in [0.717, 1.165) is 17.8 Å². The summed E-state index contributed by atoms with van der Waals surface area (Å²) in [5, 5.41) is 9.88. The Balaban J connectivity index is 1.29. The summed E-state index contributed by atoms with van der Waals surface area (Å²) in [4.78, 5) is 14.9. The molecule has 0 saturated carbocycles. The highest BCUT2D eigenvalue weighted by Crippen LogP contribution is 2.35. The number of ether oxygens (including phenoxy) is 2. The van der Waals surface area contributed by atoms with Crippen molar-refractivity contribution in [2.75, 3.05) is 19.7 Å². The number of halogens is 1. The Morgan fingerprint density at radius 3 is 2.77 bits per heavy atom. The number of carbonyl (C=O) groups is 1. The molecule has 1 aromatic heterocycles. The number of fused-ring (bicyclic) bond motifs is 1. The second-order valence-corrected chi connectivity index (χ2v) is 8.42. The van der Waals surface area contributed by atoms with Gasteiger partial charge in [-0.05, 0) is 37.1 Å². The lowest BCUT2D eigenvalue weighted by molar-refractivity contribution is -0.142. The largest absolute Gasteiger partial charge is 0.485 e. The maximum absolute atomic E-state index is 14.1. The zero-order valence-electron chi connectivity index (χ0n) is 16.2. The zero-order chi connectivity index (χ0) is 20.5. The lowest BCUT2D eigenvalue weighted by Crippen LogP contribution is -2.49. The van der Waals surface area contributed by atoms with Gasteiger partial charge in [-0.2, -0.15) is 0 Å². The van der Waals surface area contributed by atoms with Crippen molar-refractivity contribution in [2.24, 2.45) is 0 Å².